The molecule has 0 amide bonds. The van der Waals surface area contributed by atoms with E-state index in [9.17, 15) is 4.39 Å². The number of anilines is 1. The first-order valence-corrected chi connectivity index (χ1v) is 11.6. The molecule has 9 heteroatoms. The highest BCUT2D eigenvalue weighted by atomic mass is 32.2. The number of hydrogen-bond acceptors (Lipinski definition) is 7. The van der Waals surface area contributed by atoms with E-state index < -0.39 is 5.82 Å². The SMILES string of the molecule is CCc1cc2n(n1)C(COC1CCN(c3ncc(F)cn3)CC1)C(NSC)CC2. The van der Waals surface area contributed by atoms with E-state index in [1.54, 1.807) is 11.9 Å². The Morgan fingerprint density at radius 2 is 2.00 bits per heavy atom. The lowest BCUT2D eigenvalue weighted by Gasteiger charge is -2.36. The van der Waals surface area contributed by atoms with E-state index in [2.05, 4.69) is 43.5 Å². The maximum Gasteiger partial charge on any atom is 0.225 e. The zero-order valence-electron chi connectivity index (χ0n) is 17.1. The number of aromatic nitrogens is 4. The van der Waals surface area contributed by atoms with Crippen molar-refractivity contribution < 1.29 is 9.13 Å². The molecular weight excluding hydrogens is 391 g/mol. The van der Waals surface area contributed by atoms with Crippen molar-refractivity contribution in [2.75, 3.05) is 30.9 Å². The molecule has 0 radical (unpaired) electrons. The number of fused-ring (bicyclic) bond motifs is 1. The molecule has 0 bridgehead atoms. The minimum Gasteiger partial charge on any atom is -0.376 e. The second-order valence-electron chi connectivity index (χ2n) is 7.68. The molecule has 158 valence electrons. The maximum absolute atomic E-state index is 13.0. The Hall–Kier alpha value is -1.71. The van der Waals surface area contributed by atoms with Gasteiger partial charge >= 0.3 is 0 Å². The quantitative estimate of drug-likeness (QED) is 0.691. The highest BCUT2D eigenvalue weighted by molar-refractivity contribution is 7.96. The normalized spacial score (nSPS) is 22.7. The predicted octanol–water partition coefficient (Wildman–Crippen LogP) is 2.78. The topological polar surface area (TPSA) is 68.1 Å². The summed E-state index contributed by atoms with van der Waals surface area (Å²) in [6.45, 7) is 4.45. The van der Waals surface area contributed by atoms with Crippen molar-refractivity contribution in [1.29, 1.82) is 0 Å². The van der Waals surface area contributed by atoms with Gasteiger partial charge in [0.25, 0.3) is 0 Å². The van der Waals surface area contributed by atoms with Crippen LogP contribution in [0, 0.1) is 5.82 Å². The van der Waals surface area contributed by atoms with Crippen LogP contribution < -0.4 is 9.62 Å². The molecule has 0 aliphatic carbocycles. The minimum atomic E-state index is -0.405. The second-order valence-corrected chi connectivity index (χ2v) is 8.32. The van der Waals surface area contributed by atoms with Gasteiger partial charge in [-0.3, -0.25) is 9.40 Å². The molecule has 2 aromatic heterocycles. The molecule has 2 aliphatic heterocycles. The number of piperidine rings is 1. The van der Waals surface area contributed by atoms with Gasteiger partial charge in [0, 0.05) is 24.8 Å². The van der Waals surface area contributed by atoms with E-state index in [0.29, 0.717) is 18.6 Å². The Labute approximate surface area is 175 Å². The van der Waals surface area contributed by atoms with Gasteiger partial charge in [-0.1, -0.05) is 18.9 Å². The lowest BCUT2D eigenvalue weighted by atomic mass is 9.98. The Balaban J connectivity index is 1.35. The van der Waals surface area contributed by atoms with Crippen molar-refractivity contribution in [2.24, 2.45) is 0 Å². The fourth-order valence-corrected chi connectivity index (χ4v) is 4.78. The van der Waals surface area contributed by atoms with Crippen LogP contribution in [0.4, 0.5) is 10.3 Å². The van der Waals surface area contributed by atoms with Gasteiger partial charge in [0.1, 0.15) is 0 Å². The minimum absolute atomic E-state index is 0.213. The zero-order valence-corrected chi connectivity index (χ0v) is 17.9. The van der Waals surface area contributed by atoms with Crippen LogP contribution in [0.25, 0.3) is 0 Å². The van der Waals surface area contributed by atoms with E-state index in [1.807, 2.05) is 0 Å². The molecule has 2 aromatic rings. The van der Waals surface area contributed by atoms with Crippen molar-refractivity contribution in [3.05, 3.63) is 35.7 Å². The molecule has 2 atom stereocenters. The monoisotopic (exact) mass is 420 g/mol. The molecule has 0 spiro atoms. The molecule has 1 fully saturated rings. The number of hydrogen-bond donors (Lipinski definition) is 1. The molecule has 2 unspecified atom stereocenters. The van der Waals surface area contributed by atoms with E-state index in [0.717, 1.165) is 50.9 Å². The summed E-state index contributed by atoms with van der Waals surface area (Å²) in [5, 5.41) is 4.84. The largest absolute Gasteiger partial charge is 0.376 e. The summed E-state index contributed by atoms with van der Waals surface area (Å²) in [6.07, 6.45) is 9.67. The molecule has 7 nitrogen and oxygen atoms in total. The van der Waals surface area contributed by atoms with Gasteiger partial charge in [0.05, 0.1) is 36.8 Å². The molecule has 4 heterocycles. The van der Waals surface area contributed by atoms with Crippen LogP contribution in [0.15, 0.2) is 18.5 Å². The van der Waals surface area contributed by atoms with Crippen LogP contribution in [-0.2, 0) is 17.6 Å². The third kappa shape index (κ3) is 4.73. The van der Waals surface area contributed by atoms with Crippen molar-refractivity contribution in [3.63, 3.8) is 0 Å². The highest BCUT2D eigenvalue weighted by Gasteiger charge is 2.32. The second kappa shape index (κ2) is 9.40. The van der Waals surface area contributed by atoms with Gasteiger partial charge < -0.3 is 9.64 Å². The third-order valence-corrected chi connectivity index (χ3v) is 6.36. The molecule has 1 N–H and O–H groups in total. The van der Waals surface area contributed by atoms with Crippen molar-refractivity contribution >= 4 is 17.9 Å². The van der Waals surface area contributed by atoms with Crippen LogP contribution in [0.5, 0.6) is 0 Å². The molecule has 29 heavy (non-hydrogen) atoms. The molecule has 2 aliphatic rings. The molecule has 0 saturated carbocycles. The lowest BCUT2D eigenvalue weighted by molar-refractivity contribution is 0.00618. The van der Waals surface area contributed by atoms with E-state index in [4.69, 9.17) is 9.84 Å². The summed E-state index contributed by atoms with van der Waals surface area (Å²) < 4.78 is 25.1. The first-order valence-electron chi connectivity index (χ1n) is 10.4. The smallest absolute Gasteiger partial charge is 0.225 e. The summed E-state index contributed by atoms with van der Waals surface area (Å²) in [5.74, 6) is 0.187. The van der Waals surface area contributed by atoms with Gasteiger partial charge in [-0.15, -0.1) is 0 Å². The molecule has 1 saturated heterocycles. The number of aryl methyl sites for hydroxylation is 2. The van der Waals surface area contributed by atoms with Gasteiger partial charge in [-0.05, 0) is 44.4 Å². The van der Waals surface area contributed by atoms with Crippen molar-refractivity contribution in [3.8, 4) is 0 Å². The zero-order chi connectivity index (χ0) is 20.2. The van der Waals surface area contributed by atoms with Crippen LogP contribution in [-0.4, -0.2) is 57.8 Å². The van der Waals surface area contributed by atoms with Crippen LogP contribution >= 0.6 is 11.9 Å². The highest BCUT2D eigenvalue weighted by Crippen LogP contribution is 2.28. The Morgan fingerprint density at radius 3 is 2.69 bits per heavy atom. The Kier molecular flexibility index (Phi) is 6.67. The lowest BCUT2D eigenvalue weighted by Crippen LogP contribution is -2.43. The number of nitrogens with zero attached hydrogens (tertiary/aromatic N) is 5. The van der Waals surface area contributed by atoms with Crippen LogP contribution in [0.2, 0.25) is 0 Å². The molecular formula is C20H29FN6OS. The summed E-state index contributed by atoms with van der Waals surface area (Å²) in [4.78, 5) is 10.3. The maximum atomic E-state index is 13.0. The van der Waals surface area contributed by atoms with Gasteiger partial charge in [0.15, 0.2) is 5.82 Å². The predicted molar refractivity (Wildman–Crippen MR) is 113 cm³/mol. The van der Waals surface area contributed by atoms with Gasteiger partial charge in [-0.25, -0.2) is 14.4 Å². The first-order chi connectivity index (χ1) is 14.2. The summed E-state index contributed by atoms with van der Waals surface area (Å²) in [6, 6.07) is 2.81. The Bertz CT molecular complexity index is 793. The number of nitrogens with one attached hydrogen (secondary N) is 1. The summed E-state index contributed by atoms with van der Waals surface area (Å²) in [5.41, 5.74) is 2.47. The number of rotatable bonds is 7. The molecule has 0 aromatic carbocycles. The fraction of sp³-hybridized carbons (Fsp3) is 0.650. The van der Waals surface area contributed by atoms with Crippen molar-refractivity contribution in [1.82, 2.24) is 24.5 Å². The molecule has 4 rings (SSSR count). The van der Waals surface area contributed by atoms with E-state index >= 15 is 0 Å². The van der Waals surface area contributed by atoms with E-state index in [-0.39, 0.29) is 12.1 Å². The standard InChI is InChI=1S/C20H29FN6OS/c1-3-15-10-16-4-5-18(25-29-2)19(27(16)24-15)13-28-17-6-8-26(9-7-17)20-22-11-14(21)12-23-20/h10-12,17-19,25H,3-9,13H2,1-2H3. The summed E-state index contributed by atoms with van der Waals surface area (Å²) >= 11 is 1.67. The van der Waals surface area contributed by atoms with Gasteiger partial charge in [-0.2, -0.15) is 5.10 Å². The van der Waals surface area contributed by atoms with E-state index in [1.165, 1.54) is 18.1 Å². The number of halogens is 1. The van der Waals surface area contributed by atoms with Crippen LogP contribution in [0.1, 0.15) is 43.6 Å². The average Bonchev–Trinajstić information content (AvgIpc) is 3.18. The summed E-state index contributed by atoms with van der Waals surface area (Å²) in [7, 11) is 0. The van der Waals surface area contributed by atoms with Crippen LogP contribution in [0.3, 0.4) is 0 Å². The Morgan fingerprint density at radius 1 is 1.24 bits per heavy atom. The first kappa shape index (κ1) is 20.6. The van der Waals surface area contributed by atoms with Gasteiger partial charge in [0.2, 0.25) is 5.95 Å². The fourth-order valence-electron chi connectivity index (χ4n) is 4.20. The van der Waals surface area contributed by atoms with Crippen molar-refractivity contribution in [2.45, 2.75) is 57.2 Å². The third-order valence-electron chi connectivity index (χ3n) is 5.82. The average molecular weight is 421 g/mol. The number of ether oxygens (including phenoxy) is 1.